The van der Waals surface area contributed by atoms with Crippen LogP contribution in [0.4, 0.5) is 17.6 Å². The Morgan fingerprint density at radius 3 is 2.44 bits per heavy atom. The van der Waals surface area contributed by atoms with Crippen LogP contribution in [-0.4, -0.2) is 35.4 Å². The van der Waals surface area contributed by atoms with Gasteiger partial charge in [0.25, 0.3) is 0 Å². The van der Waals surface area contributed by atoms with Gasteiger partial charge in [0.05, 0.1) is 10.2 Å². The minimum atomic E-state index is -4.90. The molecule has 0 radical (unpaired) electrons. The monoisotopic (exact) mass is 419 g/mol. The number of pyridine rings is 1. The van der Waals surface area contributed by atoms with Crippen LogP contribution < -0.4 is 0 Å². The molecular weight excluding hydrogens is 406 g/mol. The van der Waals surface area contributed by atoms with E-state index in [0.29, 0.717) is 14.7 Å². The van der Waals surface area contributed by atoms with Gasteiger partial charge in [-0.05, 0) is 23.8 Å². The molecule has 0 saturated carbocycles. The van der Waals surface area contributed by atoms with Crippen LogP contribution >= 0.6 is 11.3 Å². The average molecular weight is 419 g/mol. The van der Waals surface area contributed by atoms with Gasteiger partial charge < -0.3 is 0 Å². The van der Waals surface area contributed by atoms with Crippen molar-refractivity contribution in [2.24, 2.45) is 0 Å². The fourth-order valence-corrected chi connectivity index (χ4v) is 5.00. The fraction of sp³-hybridized carbons (Fsp3) is 0.250. The third-order valence-electron chi connectivity index (χ3n) is 3.86. The highest BCUT2D eigenvalue weighted by atomic mass is 32.2. The Hall–Kier alpha value is -2.11. The van der Waals surface area contributed by atoms with Crippen molar-refractivity contribution in [3.8, 4) is 0 Å². The van der Waals surface area contributed by atoms with Crippen LogP contribution in [0.1, 0.15) is 18.5 Å². The Kier molecular flexibility index (Phi) is 5.19. The van der Waals surface area contributed by atoms with E-state index >= 15 is 0 Å². The first-order valence-corrected chi connectivity index (χ1v) is 10.00. The smallest absolute Gasteiger partial charge is 0.234 e. The first-order valence-electron chi connectivity index (χ1n) is 7.68. The van der Waals surface area contributed by atoms with Gasteiger partial charge >= 0.3 is 6.18 Å². The molecular formula is C16H13F4N3O2S2. The maximum absolute atomic E-state index is 13.8. The lowest BCUT2D eigenvalue weighted by atomic mass is 10.1. The molecule has 0 N–H and O–H groups in total. The third kappa shape index (κ3) is 3.80. The van der Waals surface area contributed by atoms with Gasteiger partial charge in [0.15, 0.2) is 5.65 Å². The van der Waals surface area contributed by atoms with Crippen molar-refractivity contribution in [3.05, 3.63) is 53.4 Å². The van der Waals surface area contributed by atoms with Crippen LogP contribution in [-0.2, 0) is 10.0 Å². The van der Waals surface area contributed by atoms with Crippen LogP contribution in [0.2, 0.25) is 0 Å². The summed E-state index contributed by atoms with van der Waals surface area (Å²) in [6.45, 7) is 0.864. The molecule has 11 heteroatoms. The third-order valence-corrected chi connectivity index (χ3v) is 6.54. The van der Waals surface area contributed by atoms with Crippen LogP contribution in [0.15, 0.2) is 46.9 Å². The zero-order valence-corrected chi connectivity index (χ0v) is 15.4. The zero-order chi connectivity index (χ0) is 19.8. The number of sulfonamides is 1. The number of halogens is 4. The molecule has 2 heterocycles. The first kappa shape index (κ1) is 19.6. The highest BCUT2D eigenvalue weighted by molar-refractivity contribution is 7.89. The van der Waals surface area contributed by atoms with Gasteiger partial charge in [-0.25, -0.2) is 22.8 Å². The van der Waals surface area contributed by atoms with E-state index in [1.54, 1.807) is 0 Å². The molecule has 1 aromatic carbocycles. The minimum Gasteiger partial charge on any atom is -0.234 e. The number of thiazole rings is 1. The van der Waals surface area contributed by atoms with Crippen molar-refractivity contribution in [2.45, 2.75) is 24.0 Å². The molecule has 0 aliphatic heterocycles. The maximum Gasteiger partial charge on any atom is 0.409 e. The second kappa shape index (κ2) is 7.13. The van der Waals surface area contributed by atoms with Gasteiger partial charge in [0.2, 0.25) is 10.0 Å². The summed E-state index contributed by atoms with van der Waals surface area (Å²) in [6.07, 6.45) is -3.92. The standard InChI is InChI=1S/C16H13F4N3O2S2/c1-2-23(14(16(18,19)20)10-3-5-11(17)6-4-10)27(24,25)12-7-13-15(21-8-12)22-9-26-13/h3-9,14H,2H2,1H3/t14-/m1/s1. The molecule has 0 aliphatic rings. The van der Waals surface area contributed by atoms with Crippen molar-refractivity contribution < 1.29 is 26.0 Å². The lowest BCUT2D eigenvalue weighted by Crippen LogP contribution is -2.42. The summed E-state index contributed by atoms with van der Waals surface area (Å²) in [5, 5.41) is 0. The SMILES string of the molecule is CCN([C@H](c1ccc(F)cc1)C(F)(F)F)S(=O)(=O)c1cnc2ncsc2c1. The highest BCUT2D eigenvalue weighted by Gasteiger charge is 2.48. The Morgan fingerprint density at radius 2 is 1.85 bits per heavy atom. The predicted molar refractivity (Wildman–Crippen MR) is 92.2 cm³/mol. The summed E-state index contributed by atoms with van der Waals surface area (Å²) in [4.78, 5) is 7.45. The number of rotatable bonds is 5. The van der Waals surface area contributed by atoms with Crippen LogP contribution in [0.25, 0.3) is 10.3 Å². The zero-order valence-electron chi connectivity index (χ0n) is 13.8. The Balaban J connectivity index is 2.11. The molecule has 0 fully saturated rings. The van der Waals surface area contributed by atoms with E-state index in [-0.39, 0.29) is 10.5 Å². The van der Waals surface area contributed by atoms with Gasteiger partial charge in [0, 0.05) is 12.7 Å². The number of aromatic nitrogens is 2. The minimum absolute atomic E-state index is 0.313. The topological polar surface area (TPSA) is 63.2 Å². The van der Waals surface area contributed by atoms with E-state index in [9.17, 15) is 26.0 Å². The summed E-state index contributed by atoms with van der Waals surface area (Å²) in [6, 6.07) is 2.37. The predicted octanol–water partition coefficient (Wildman–Crippen LogP) is 4.14. The average Bonchev–Trinajstić information content (AvgIpc) is 3.07. The normalized spacial score (nSPS) is 14.0. The quantitative estimate of drug-likeness (QED) is 0.583. The molecule has 3 aromatic rings. The number of nitrogens with zero attached hydrogens (tertiary/aromatic N) is 3. The fourth-order valence-electron chi connectivity index (χ4n) is 2.67. The molecule has 27 heavy (non-hydrogen) atoms. The molecule has 1 atom stereocenters. The number of fused-ring (bicyclic) bond motifs is 1. The van der Waals surface area contributed by atoms with E-state index in [0.717, 1.165) is 41.8 Å². The Bertz CT molecular complexity index is 1050. The van der Waals surface area contributed by atoms with E-state index in [1.807, 2.05) is 0 Å². The number of alkyl halides is 3. The van der Waals surface area contributed by atoms with E-state index < -0.39 is 34.6 Å². The molecule has 0 bridgehead atoms. The highest BCUT2D eigenvalue weighted by Crippen LogP contribution is 2.40. The molecule has 0 amide bonds. The van der Waals surface area contributed by atoms with Crippen LogP contribution in [0, 0.1) is 5.82 Å². The van der Waals surface area contributed by atoms with E-state index in [1.165, 1.54) is 18.5 Å². The van der Waals surface area contributed by atoms with Crippen molar-refractivity contribution in [3.63, 3.8) is 0 Å². The lowest BCUT2D eigenvalue weighted by Gasteiger charge is -2.31. The summed E-state index contributed by atoms with van der Waals surface area (Å²) in [7, 11) is -4.53. The van der Waals surface area contributed by atoms with Gasteiger partial charge in [-0.2, -0.15) is 17.5 Å². The molecule has 0 aliphatic carbocycles. The van der Waals surface area contributed by atoms with Crippen molar-refractivity contribution in [1.29, 1.82) is 0 Å². The van der Waals surface area contributed by atoms with Crippen molar-refractivity contribution >= 4 is 31.7 Å². The number of hydrogen-bond acceptors (Lipinski definition) is 5. The number of benzene rings is 1. The van der Waals surface area contributed by atoms with Crippen molar-refractivity contribution in [1.82, 2.24) is 14.3 Å². The summed E-state index contributed by atoms with van der Waals surface area (Å²) < 4.78 is 81.1. The molecule has 5 nitrogen and oxygen atoms in total. The van der Waals surface area contributed by atoms with E-state index in [4.69, 9.17) is 0 Å². The summed E-state index contributed by atoms with van der Waals surface area (Å²) >= 11 is 1.13. The molecule has 0 saturated heterocycles. The summed E-state index contributed by atoms with van der Waals surface area (Å²) in [5.74, 6) is -0.717. The summed E-state index contributed by atoms with van der Waals surface area (Å²) in [5.41, 5.74) is 1.40. The largest absolute Gasteiger partial charge is 0.409 e. The van der Waals surface area contributed by atoms with Crippen molar-refractivity contribution in [2.75, 3.05) is 6.54 Å². The molecule has 0 unspecified atom stereocenters. The Labute approximate surface area is 156 Å². The molecule has 0 spiro atoms. The molecule has 2 aromatic heterocycles. The first-order chi connectivity index (χ1) is 12.6. The second-order valence-corrected chi connectivity index (χ2v) is 8.33. The number of hydrogen-bond donors (Lipinski definition) is 0. The van der Waals surface area contributed by atoms with E-state index in [2.05, 4.69) is 9.97 Å². The maximum atomic E-state index is 13.8. The molecule has 3 rings (SSSR count). The molecule has 144 valence electrons. The van der Waals surface area contributed by atoms with Gasteiger partial charge in [0.1, 0.15) is 16.8 Å². The second-order valence-electron chi connectivity index (χ2n) is 5.55. The van der Waals surface area contributed by atoms with Crippen LogP contribution in [0.5, 0.6) is 0 Å². The lowest BCUT2D eigenvalue weighted by molar-refractivity contribution is -0.173. The van der Waals surface area contributed by atoms with Gasteiger partial charge in [-0.3, -0.25) is 0 Å². The Morgan fingerprint density at radius 1 is 1.19 bits per heavy atom. The van der Waals surface area contributed by atoms with Gasteiger partial charge in [-0.1, -0.05) is 19.1 Å². The van der Waals surface area contributed by atoms with Crippen LogP contribution in [0.3, 0.4) is 0 Å². The van der Waals surface area contributed by atoms with Gasteiger partial charge in [-0.15, -0.1) is 11.3 Å².